The highest BCUT2D eigenvalue weighted by molar-refractivity contribution is 5.98. The van der Waals surface area contributed by atoms with Crippen LogP contribution in [0.2, 0.25) is 0 Å². The SMILES string of the molecule is Cc1nnc(N/N=C\c2ccccc2C(=O)O)n1N. The summed E-state index contributed by atoms with van der Waals surface area (Å²) in [5.74, 6) is 5.40. The number of hydrazone groups is 1. The molecule has 8 heteroatoms. The maximum atomic E-state index is 11.0. The van der Waals surface area contributed by atoms with Crippen molar-refractivity contribution in [2.75, 3.05) is 11.3 Å². The molecule has 2 rings (SSSR count). The number of benzene rings is 1. The molecule has 0 aliphatic rings. The molecule has 98 valence electrons. The average molecular weight is 260 g/mol. The van der Waals surface area contributed by atoms with E-state index in [0.717, 1.165) is 0 Å². The highest BCUT2D eigenvalue weighted by atomic mass is 16.4. The molecular formula is C11H12N6O2. The summed E-state index contributed by atoms with van der Waals surface area (Å²) in [5, 5.41) is 20.4. The minimum atomic E-state index is -1.01. The van der Waals surface area contributed by atoms with E-state index in [-0.39, 0.29) is 11.5 Å². The van der Waals surface area contributed by atoms with Crippen LogP contribution >= 0.6 is 0 Å². The van der Waals surface area contributed by atoms with Gasteiger partial charge in [-0.25, -0.2) is 14.9 Å². The van der Waals surface area contributed by atoms with Gasteiger partial charge in [0.25, 0.3) is 5.95 Å². The largest absolute Gasteiger partial charge is 0.478 e. The van der Waals surface area contributed by atoms with Crippen LogP contribution in [0.1, 0.15) is 21.7 Å². The molecule has 0 radical (unpaired) electrons. The predicted molar refractivity (Wildman–Crippen MR) is 69.5 cm³/mol. The molecule has 1 heterocycles. The number of nitrogens with zero attached hydrogens (tertiary/aromatic N) is 4. The number of anilines is 1. The minimum absolute atomic E-state index is 0.165. The minimum Gasteiger partial charge on any atom is -0.478 e. The molecule has 0 unspecified atom stereocenters. The smallest absolute Gasteiger partial charge is 0.336 e. The molecule has 0 bridgehead atoms. The van der Waals surface area contributed by atoms with Crippen molar-refractivity contribution >= 4 is 18.1 Å². The van der Waals surface area contributed by atoms with E-state index in [1.165, 1.54) is 17.0 Å². The monoisotopic (exact) mass is 260 g/mol. The van der Waals surface area contributed by atoms with E-state index >= 15 is 0 Å². The first kappa shape index (κ1) is 12.6. The van der Waals surface area contributed by atoms with Crippen LogP contribution in [0.15, 0.2) is 29.4 Å². The van der Waals surface area contributed by atoms with Crippen LogP contribution in [0.3, 0.4) is 0 Å². The molecule has 0 saturated heterocycles. The first-order valence-electron chi connectivity index (χ1n) is 5.38. The number of carbonyl (C=O) groups is 1. The van der Waals surface area contributed by atoms with E-state index in [1.807, 2.05) is 0 Å². The molecule has 4 N–H and O–H groups in total. The Kier molecular flexibility index (Phi) is 3.42. The number of hydrogen-bond acceptors (Lipinski definition) is 6. The van der Waals surface area contributed by atoms with Crippen molar-refractivity contribution < 1.29 is 9.90 Å². The van der Waals surface area contributed by atoms with Gasteiger partial charge in [-0.1, -0.05) is 18.2 Å². The number of aryl methyl sites for hydroxylation is 1. The second-order valence-electron chi connectivity index (χ2n) is 3.70. The zero-order valence-electron chi connectivity index (χ0n) is 10.1. The molecule has 2 aromatic rings. The number of aromatic carboxylic acids is 1. The standard InChI is InChI=1S/C11H12N6O2/c1-7-14-16-11(17(7)12)15-13-6-8-4-2-3-5-9(8)10(18)19/h2-6H,12H2,1H3,(H,15,16)(H,18,19)/b13-6-. The first-order chi connectivity index (χ1) is 9.09. The lowest BCUT2D eigenvalue weighted by molar-refractivity contribution is 0.0697. The van der Waals surface area contributed by atoms with Gasteiger partial charge in [-0.15, -0.1) is 10.2 Å². The van der Waals surface area contributed by atoms with Gasteiger partial charge in [-0.05, 0) is 13.0 Å². The second kappa shape index (κ2) is 5.17. The highest BCUT2D eigenvalue weighted by Gasteiger charge is 2.07. The summed E-state index contributed by atoms with van der Waals surface area (Å²) in [6.45, 7) is 1.70. The normalized spacial score (nSPS) is 10.8. The van der Waals surface area contributed by atoms with Crippen molar-refractivity contribution in [1.29, 1.82) is 0 Å². The molecular weight excluding hydrogens is 248 g/mol. The van der Waals surface area contributed by atoms with Gasteiger partial charge >= 0.3 is 5.97 Å². The van der Waals surface area contributed by atoms with Crippen molar-refractivity contribution in [2.45, 2.75) is 6.92 Å². The lowest BCUT2D eigenvalue weighted by Gasteiger charge is -2.01. The summed E-state index contributed by atoms with van der Waals surface area (Å²) in [6, 6.07) is 6.52. The number of nitrogen functional groups attached to an aromatic ring is 1. The van der Waals surface area contributed by atoms with Crippen LogP contribution in [0.5, 0.6) is 0 Å². The molecule has 8 nitrogen and oxygen atoms in total. The van der Waals surface area contributed by atoms with Gasteiger partial charge < -0.3 is 10.9 Å². The number of carboxylic acids is 1. The van der Waals surface area contributed by atoms with Crippen molar-refractivity contribution in [3.05, 3.63) is 41.2 Å². The summed E-state index contributed by atoms with van der Waals surface area (Å²) in [5.41, 5.74) is 3.23. The first-order valence-corrected chi connectivity index (χ1v) is 5.38. The van der Waals surface area contributed by atoms with E-state index in [9.17, 15) is 4.79 Å². The van der Waals surface area contributed by atoms with Gasteiger partial charge in [-0.2, -0.15) is 5.10 Å². The molecule has 0 amide bonds. The summed E-state index contributed by atoms with van der Waals surface area (Å²) in [7, 11) is 0. The Labute approximate surface area is 108 Å². The van der Waals surface area contributed by atoms with Crippen molar-refractivity contribution in [2.24, 2.45) is 5.10 Å². The van der Waals surface area contributed by atoms with Crippen molar-refractivity contribution in [1.82, 2.24) is 14.9 Å². The van der Waals surface area contributed by atoms with Crippen LogP contribution in [0.25, 0.3) is 0 Å². The third-order valence-electron chi connectivity index (χ3n) is 2.43. The summed E-state index contributed by atoms with van der Waals surface area (Å²) >= 11 is 0. The molecule has 1 aromatic heterocycles. The second-order valence-corrected chi connectivity index (χ2v) is 3.70. The van der Waals surface area contributed by atoms with Crippen LogP contribution in [-0.4, -0.2) is 32.2 Å². The van der Waals surface area contributed by atoms with Crippen LogP contribution in [0.4, 0.5) is 5.95 Å². The van der Waals surface area contributed by atoms with Gasteiger partial charge in [0.2, 0.25) is 0 Å². The van der Waals surface area contributed by atoms with Crippen LogP contribution < -0.4 is 11.3 Å². The third-order valence-corrected chi connectivity index (χ3v) is 2.43. The van der Waals surface area contributed by atoms with E-state index in [1.54, 1.807) is 25.1 Å². The Hall–Kier alpha value is -2.90. The summed E-state index contributed by atoms with van der Waals surface area (Å²) < 4.78 is 1.24. The molecule has 0 spiro atoms. The Bertz CT molecular complexity index is 634. The molecule has 1 aromatic carbocycles. The van der Waals surface area contributed by atoms with Crippen LogP contribution in [-0.2, 0) is 0 Å². The maximum Gasteiger partial charge on any atom is 0.336 e. The topological polar surface area (TPSA) is 118 Å². The molecule has 0 atom stereocenters. The molecule has 19 heavy (non-hydrogen) atoms. The van der Waals surface area contributed by atoms with Crippen LogP contribution in [0, 0.1) is 6.92 Å². The highest BCUT2D eigenvalue weighted by Crippen LogP contribution is 2.06. The summed E-state index contributed by atoms with van der Waals surface area (Å²) in [4.78, 5) is 11.0. The van der Waals surface area contributed by atoms with Gasteiger partial charge in [0.05, 0.1) is 11.8 Å². The van der Waals surface area contributed by atoms with E-state index in [4.69, 9.17) is 10.9 Å². The fourth-order valence-corrected chi connectivity index (χ4v) is 1.41. The lowest BCUT2D eigenvalue weighted by Crippen LogP contribution is -2.13. The number of nitrogens with one attached hydrogen (secondary N) is 1. The number of aromatic nitrogens is 3. The molecule has 0 aliphatic heterocycles. The molecule has 0 fully saturated rings. The molecule has 0 saturated carbocycles. The number of nitrogens with two attached hydrogens (primary N) is 1. The fourth-order valence-electron chi connectivity index (χ4n) is 1.41. The van der Waals surface area contributed by atoms with E-state index < -0.39 is 5.97 Å². The zero-order valence-corrected chi connectivity index (χ0v) is 10.1. The van der Waals surface area contributed by atoms with Crippen molar-refractivity contribution in [3.63, 3.8) is 0 Å². The lowest BCUT2D eigenvalue weighted by atomic mass is 10.1. The summed E-state index contributed by atoms with van der Waals surface area (Å²) in [6.07, 6.45) is 1.38. The maximum absolute atomic E-state index is 11.0. The van der Waals surface area contributed by atoms with Gasteiger partial charge in [0, 0.05) is 5.56 Å². The number of rotatable bonds is 4. The van der Waals surface area contributed by atoms with Gasteiger partial charge in [0.1, 0.15) is 0 Å². The van der Waals surface area contributed by atoms with Gasteiger partial charge in [0.15, 0.2) is 5.82 Å². The van der Waals surface area contributed by atoms with E-state index in [2.05, 4.69) is 20.7 Å². The van der Waals surface area contributed by atoms with E-state index in [0.29, 0.717) is 11.4 Å². The van der Waals surface area contributed by atoms with Gasteiger partial charge in [-0.3, -0.25) is 0 Å². The average Bonchev–Trinajstić information content (AvgIpc) is 2.71. The Morgan fingerprint density at radius 1 is 1.47 bits per heavy atom. The number of carboxylic acid groups (broad SMARTS) is 1. The Morgan fingerprint density at radius 3 is 2.84 bits per heavy atom. The quantitative estimate of drug-likeness (QED) is 0.417. The fraction of sp³-hybridized carbons (Fsp3) is 0.0909. The Morgan fingerprint density at radius 2 is 2.21 bits per heavy atom. The Balaban J connectivity index is 2.16. The number of hydrogen-bond donors (Lipinski definition) is 3. The predicted octanol–water partition coefficient (Wildman–Crippen LogP) is 0.445. The zero-order chi connectivity index (χ0) is 13.8. The molecule has 0 aliphatic carbocycles. The third kappa shape index (κ3) is 2.68. The van der Waals surface area contributed by atoms with Crippen molar-refractivity contribution in [3.8, 4) is 0 Å².